The van der Waals surface area contributed by atoms with Gasteiger partial charge in [-0.2, -0.15) is 10.2 Å². The van der Waals surface area contributed by atoms with E-state index >= 15 is 8.78 Å². The van der Waals surface area contributed by atoms with Crippen molar-refractivity contribution >= 4 is 39.3 Å². The Labute approximate surface area is 365 Å². The van der Waals surface area contributed by atoms with Crippen molar-refractivity contribution in [3.63, 3.8) is 0 Å². The predicted molar refractivity (Wildman–Crippen MR) is 224 cm³/mol. The van der Waals surface area contributed by atoms with Crippen LogP contribution in [0.2, 0.25) is 5.02 Å². The third-order valence-corrected chi connectivity index (χ3v) is 13.5. The van der Waals surface area contributed by atoms with Crippen LogP contribution in [0, 0.1) is 23.3 Å². The zero-order chi connectivity index (χ0) is 42.8. The summed E-state index contributed by atoms with van der Waals surface area (Å²) in [6, 6.07) is 8.84. The summed E-state index contributed by atoms with van der Waals surface area (Å²) in [6.45, 7) is 3.12. The van der Waals surface area contributed by atoms with Crippen molar-refractivity contribution in [1.82, 2.24) is 40.8 Å². The fourth-order valence-corrected chi connectivity index (χ4v) is 10.3. The van der Waals surface area contributed by atoms with Gasteiger partial charge in [0.25, 0.3) is 11.8 Å². The largest absolute Gasteiger partial charge is 0.455 e. The zero-order valence-corrected chi connectivity index (χ0v) is 35.4. The molecule has 4 aliphatic heterocycles. The summed E-state index contributed by atoms with van der Waals surface area (Å²) in [6.07, 6.45) is 5.30. The average molecular weight is 936 g/mol. The number of hydrogen-bond donors (Lipinski definition) is 4. The molecule has 2 amide bonds. The minimum Gasteiger partial charge on any atom is -0.455 e. The van der Waals surface area contributed by atoms with Crippen molar-refractivity contribution in [2.24, 2.45) is 0 Å². The maximum Gasteiger partial charge on any atom is 0.287 e. The van der Waals surface area contributed by atoms with Gasteiger partial charge in [-0.25, -0.2) is 17.6 Å². The topological polar surface area (TPSA) is 144 Å². The molecule has 4 aromatic heterocycles. The van der Waals surface area contributed by atoms with Crippen LogP contribution in [0.15, 0.2) is 62.0 Å². The van der Waals surface area contributed by atoms with Gasteiger partial charge >= 0.3 is 0 Å². The number of nitrogens with one attached hydrogen (secondary N) is 4. The highest BCUT2D eigenvalue weighted by Crippen LogP contribution is 2.43. The van der Waals surface area contributed by atoms with E-state index in [1.807, 2.05) is 4.68 Å². The van der Waals surface area contributed by atoms with Crippen LogP contribution in [0.4, 0.5) is 17.6 Å². The van der Waals surface area contributed by atoms with Gasteiger partial charge in [-0.05, 0) is 102 Å². The van der Waals surface area contributed by atoms with Gasteiger partial charge < -0.3 is 30.1 Å². The zero-order valence-electron chi connectivity index (χ0n) is 33.1. The van der Waals surface area contributed by atoms with Crippen molar-refractivity contribution in [3.05, 3.63) is 116 Å². The van der Waals surface area contributed by atoms with E-state index in [0.29, 0.717) is 98.7 Å². The number of benzene rings is 2. The summed E-state index contributed by atoms with van der Waals surface area (Å²) in [5, 5.41) is 21.9. The van der Waals surface area contributed by atoms with Crippen molar-refractivity contribution in [2.45, 2.75) is 75.5 Å². The van der Waals surface area contributed by atoms with Crippen LogP contribution in [0.25, 0.3) is 33.8 Å². The fraction of sp³-hybridized carbons (Fsp3) is 0.364. The van der Waals surface area contributed by atoms with Crippen LogP contribution < -0.4 is 21.3 Å². The molecular formula is C44H40BrClF4N8O4. The van der Waals surface area contributed by atoms with Gasteiger partial charge in [0.05, 0.1) is 27.1 Å². The minimum absolute atomic E-state index is 0.0137. The van der Waals surface area contributed by atoms with Crippen LogP contribution in [0.1, 0.15) is 81.3 Å². The van der Waals surface area contributed by atoms with Gasteiger partial charge in [0, 0.05) is 79.6 Å². The molecule has 6 aromatic rings. The summed E-state index contributed by atoms with van der Waals surface area (Å²) in [5.74, 6) is -4.36. The van der Waals surface area contributed by atoms with Crippen LogP contribution in [-0.2, 0) is 25.9 Å². The molecule has 18 heteroatoms. The van der Waals surface area contributed by atoms with E-state index < -0.39 is 53.1 Å². The first-order valence-electron chi connectivity index (χ1n) is 20.7. The number of carbonyl (C=O) groups is 2. The minimum atomic E-state index is -1.12. The highest BCUT2D eigenvalue weighted by atomic mass is 79.9. The summed E-state index contributed by atoms with van der Waals surface area (Å²) in [5.41, 5.74) is 3.48. The molecule has 4 atom stereocenters. The third-order valence-electron chi connectivity index (χ3n) is 12.5. The Morgan fingerprint density at radius 3 is 1.98 bits per heavy atom. The van der Waals surface area contributed by atoms with Gasteiger partial charge in [0.15, 0.2) is 34.8 Å². The number of aryl methyl sites for hydroxylation is 4. The van der Waals surface area contributed by atoms with Crippen LogP contribution >= 0.6 is 27.5 Å². The molecule has 62 heavy (non-hydrogen) atoms. The molecule has 12 nitrogen and oxygen atoms in total. The molecule has 2 saturated heterocycles. The quantitative estimate of drug-likeness (QED) is 0.119. The van der Waals surface area contributed by atoms with Crippen molar-refractivity contribution in [3.8, 4) is 33.8 Å². The van der Waals surface area contributed by atoms with Gasteiger partial charge in [-0.1, -0.05) is 17.7 Å². The van der Waals surface area contributed by atoms with Gasteiger partial charge in [-0.3, -0.25) is 19.0 Å². The summed E-state index contributed by atoms with van der Waals surface area (Å²) >= 11 is 10.7. The Morgan fingerprint density at radius 2 is 1.34 bits per heavy atom. The second-order valence-corrected chi connectivity index (χ2v) is 17.5. The van der Waals surface area contributed by atoms with Gasteiger partial charge in [0.2, 0.25) is 0 Å². The lowest BCUT2D eigenvalue weighted by molar-refractivity contribution is 0.0887. The highest BCUT2D eigenvalue weighted by Gasteiger charge is 2.35. The average Bonchev–Trinajstić information content (AvgIpc) is 4.00. The predicted octanol–water partition coefficient (Wildman–Crippen LogP) is 7.88. The van der Waals surface area contributed by atoms with E-state index in [9.17, 15) is 18.4 Å². The van der Waals surface area contributed by atoms with E-state index in [0.717, 1.165) is 46.9 Å². The van der Waals surface area contributed by atoms with Crippen molar-refractivity contribution < 1.29 is 36.0 Å². The highest BCUT2D eigenvalue weighted by molar-refractivity contribution is 9.10. The molecule has 8 heterocycles. The molecule has 322 valence electrons. The number of fused-ring (bicyclic) bond motifs is 6. The van der Waals surface area contributed by atoms with E-state index in [1.165, 1.54) is 6.07 Å². The maximum atomic E-state index is 16.0. The fourth-order valence-electron chi connectivity index (χ4n) is 9.50. The SMILES string of the molecule is O=C(N[C@@H]1CNCC[C@H]1c1cc(F)c(F)c(-c2nn3c(c2Cl)-c2cc(C(=O)N[C@@H]4CNCC[C@H]4c4ccc(F)c(F)c4)oc2CCC3)c1)c1cc2c(o1)CCCn1ncc(Br)c1-2. The molecule has 10 rings (SSSR count). The van der Waals surface area contributed by atoms with E-state index in [-0.39, 0.29) is 33.7 Å². The molecule has 0 saturated carbocycles. The normalized spacial score (nSPS) is 20.9. The lowest BCUT2D eigenvalue weighted by Gasteiger charge is -2.33. The van der Waals surface area contributed by atoms with E-state index in [2.05, 4.69) is 42.3 Å². The number of piperidine rings is 2. The standard InChI is InChI=1S/C44H40BrClF4N8O4/c45-28-18-53-57-11-1-3-34-25(41(28)57)16-36(61-34)43(59)55-33-20-52-10-8-24(33)22-13-27(39(50)31(49)15-22)40-38(46)42-26-17-37(62-35(26)4-2-12-58(42)56-40)44(60)54-32-19-51-9-7-23(32)21-5-6-29(47)30(48)14-21/h5-6,13-18,23-24,32-33,51-52H,1-4,7-12,19-20H2,(H,54,60)(H,55,59)/t23-,24-,32+,33+/m0/s1. The lowest BCUT2D eigenvalue weighted by Crippen LogP contribution is -2.50. The maximum absolute atomic E-state index is 16.0. The third kappa shape index (κ3) is 7.35. The first-order valence-corrected chi connectivity index (χ1v) is 21.9. The van der Waals surface area contributed by atoms with Crippen molar-refractivity contribution in [2.75, 3.05) is 26.2 Å². The van der Waals surface area contributed by atoms with Gasteiger partial charge in [0.1, 0.15) is 17.2 Å². The number of hydrogen-bond acceptors (Lipinski definition) is 8. The van der Waals surface area contributed by atoms with Crippen LogP contribution in [0.3, 0.4) is 0 Å². The van der Waals surface area contributed by atoms with E-state index in [1.54, 1.807) is 29.1 Å². The molecule has 0 aliphatic carbocycles. The summed E-state index contributed by atoms with van der Waals surface area (Å²) in [4.78, 5) is 27.5. The molecule has 4 N–H and O–H groups in total. The first kappa shape index (κ1) is 40.8. The van der Waals surface area contributed by atoms with E-state index in [4.69, 9.17) is 25.5 Å². The molecule has 4 aliphatic rings. The lowest BCUT2D eigenvalue weighted by atomic mass is 9.84. The first-order chi connectivity index (χ1) is 30.0. The molecule has 0 spiro atoms. The summed E-state index contributed by atoms with van der Waals surface area (Å²) in [7, 11) is 0. The number of halogens is 6. The molecule has 0 unspecified atom stereocenters. The van der Waals surface area contributed by atoms with Crippen LogP contribution in [0.5, 0.6) is 0 Å². The van der Waals surface area contributed by atoms with Crippen LogP contribution in [-0.4, -0.2) is 69.6 Å². The Balaban J connectivity index is 0.917. The Morgan fingerprint density at radius 1 is 0.742 bits per heavy atom. The number of nitrogens with zero attached hydrogens (tertiary/aromatic N) is 4. The Bertz CT molecular complexity index is 2750. The Kier molecular flexibility index (Phi) is 10.8. The number of amides is 2. The molecule has 0 bridgehead atoms. The second-order valence-electron chi connectivity index (χ2n) is 16.3. The second kappa shape index (κ2) is 16.5. The number of aromatic nitrogens is 4. The number of furan rings is 2. The molecule has 2 fully saturated rings. The molecular weight excluding hydrogens is 896 g/mol. The van der Waals surface area contributed by atoms with Gasteiger partial charge in [-0.15, -0.1) is 0 Å². The molecule has 2 aromatic carbocycles. The summed E-state index contributed by atoms with van der Waals surface area (Å²) < 4.78 is 76.1. The number of rotatable bonds is 7. The molecule has 0 radical (unpaired) electrons. The monoisotopic (exact) mass is 934 g/mol. The Hall–Kier alpha value is -5.23. The smallest absolute Gasteiger partial charge is 0.287 e. The van der Waals surface area contributed by atoms with Crippen molar-refractivity contribution in [1.29, 1.82) is 0 Å². The number of carbonyl (C=O) groups excluding carboxylic acids is 2.